The van der Waals surface area contributed by atoms with Crippen LogP contribution < -0.4 is 0 Å². The molecule has 1 unspecified atom stereocenters. The molecule has 7 fully saturated rings. The van der Waals surface area contributed by atoms with Gasteiger partial charge in [-0.25, -0.2) is 0 Å². The van der Waals surface area contributed by atoms with Crippen LogP contribution in [0.3, 0.4) is 0 Å². The maximum absolute atomic E-state index is 12.7. The third-order valence-corrected chi connectivity index (χ3v) is 18.2. The van der Waals surface area contributed by atoms with Gasteiger partial charge in [0.2, 0.25) is 0 Å². The van der Waals surface area contributed by atoms with Crippen molar-refractivity contribution in [1.82, 2.24) is 0 Å². The molecule has 0 aromatic heterocycles. The fraction of sp³-hybridized carbons (Fsp3) is 0.957. The molecule has 19 heteroatoms. The lowest BCUT2D eigenvalue weighted by Gasteiger charge is -2.72. The van der Waals surface area contributed by atoms with Gasteiger partial charge in [0.15, 0.2) is 18.9 Å². The van der Waals surface area contributed by atoms with Crippen molar-refractivity contribution in [3.63, 3.8) is 0 Å². The van der Waals surface area contributed by atoms with Crippen LogP contribution in [-0.2, 0) is 28.4 Å². The van der Waals surface area contributed by atoms with Crippen molar-refractivity contribution in [2.75, 3.05) is 19.8 Å². The molecule has 19 nitrogen and oxygen atoms in total. The van der Waals surface area contributed by atoms with E-state index in [4.69, 9.17) is 28.4 Å². The molecular formula is C47H80O19. The average molecular weight is 949 g/mol. The second-order valence-corrected chi connectivity index (χ2v) is 23.0. The van der Waals surface area contributed by atoms with Gasteiger partial charge in [-0.05, 0) is 111 Å². The van der Waals surface area contributed by atoms with E-state index in [-0.39, 0.29) is 12.3 Å². The third kappa shape index (κ3) is 8.89. The van der Waals surface area contributed by atoms with Crippen LogP contribution in [0.2, 0.25) is 0 Å². The van der Waals surface area contributed by atoms with E-state index >= 15 is 0 Å². The predicted molar refractivity (Wildman–Crippen MR) is 230 cm³/mol. The van der Waals surface area contributed by atoms with E-state index in [9.17, 15) is 66.4 Å². The summed E-state index contributed by atoms with van der Waals surface area (Å²) in [6.07, 6.45) is -17.6. The molecule has 0 aromatic rings. The van der Waals surface area contributed by atoms with E-state index in [0.29, 0.717) is 38.5 Å². The zero-order valence-corrected chi connectivity index (χ0v) is 39.6. The number of hydrogen-bond acceptors (Lipinski definition) is 19. The van der Waals surface area contributed by atoms with Gasteiger partial charge in [0, 0.05) is 0 Å². The Kier molecular flexibility index (Phi) is 15.1. The van der Waals surface area contributed by atoms with Crippen molar-refractivity contribution in [1.29, 1.82) is 0 Å². The normalized spacial score (nSPS) is 52.9. The number of ether oxygens (including phenoxy) is 6. The van der Waals surface area contributed by atoms with Gasteiger partial charge >= 0.3 is 0 Å². The summed E-state index contributed by atoms with van der Waals surface area (Å²) in [6, 6.07) is 0. The molecule has 4 saturated carbocycles. The Morgan fingerprint density at radius 3 is 1.89 bits per heavy atom. The SMILES string of the molecule is CC(C)(O)/C=C\C[C@](C)(O[C@@H]1O[C@H](CO)[C@@H](O)[C@H](O)[C@H]1O)[C@H]1CC[C@]2(C)[C@@H]1[C@H](O)C[C@@H]1[C@@]3(C)CC[C@H](O)C(C)(C)[C@@H]3[C@@H](O[C@@H]3O[C@H](CO)[C@@H](O)[C@H](O)[C@H]3O[C@@H]3OC[C@@H](O)[C@H](O)C3O)C[C@]12C. The lowest BCUT2D eigenvalue weighted by Crippen LogP contribution is -2.71. The first-order chi connectivity index (χ1) is 30.6. The van der Waals surface area contributed by atoms with Crippen LogP contribution in [0, 0.1) is 45.3 Å². The zero-order chi connectivity index (χ0) is 48.9. The molecule has 13 N–H and O–H groups in total. The van der Waals surface area contributed by atoms with E-state index in [1.165, 1.54) is 0 Å². The van der Waals surface area contributed by atoms with Gasteiger partial charge in [-0.2, -0.15) is 0 Å². The van der Waals surface area contributed by atoms with Crippen LogP contribution in [0.5, 0.6) is 0 Å². The summed E-state index contributed by atoms with van der Waals surface area (Å²) in [6.45, 7) is 13.9. The Bertz CT molecular complexity index is 1700. The van der Waals surface area contributed by atoms with E-state index in [0.717, 1.165) is 0 Å². The van der Waals surface area contributed by atoms with Crippen molar-refractivity contribution in [2.24, 2.45) is 45.3 Å². The van der Waals surface area contributed by atoms with Crippen LogP contribution >= 0.6 is 0 Å². The number of hydrogen-bond donors (Lipinski definition) is 13. The highest BCUT2D eigenvalue weighted by molar-refractivity contribution is 5.22. The van der Waals surface area contributed by atoms with Gasteiger partial charge in [0.25, 0.3) is 0 Å². The molecule has 3 saturated heterocycles. The molecule has 0 aromatic carbocycles. The van der Waals surface area contributed by atoms with Gasteiger partial charge in [0.1, 0.15) is 67.1 Å². The summed E-state index contributed by atoms with van der Waals surface area (Å²) in [5.41, 5.74) is -5.04. The molecule has 0 radical (unpaired) electrons. The highest BCUT2D eigenvalue weighted by Crippen LogP contribution is 2.76. The van der Waals surface area contributed by atoms with Crippen LogP contribution in [0.1, 0.15) is 100 Å². The maximum Gasteiger partial charge on any atom is 0.187 e. The van der Waals surface area contributed by atoms with Crippen LogP contribution in [0.15, 0.2) is 12.2 Å². The largest absolute Gasteiger partial charge is 0.394 e. The smallest absolute Gasteiger partial charge is 0.187 e. The fourth-order valence-electron chi connectivity index (χ4n) is 14.5. The molecule has 66 heavy (non-hydrogen) atoms. The number of fused-ring (bicyclic) bond motifs is 5. The zero-order valence-electron chi connectivity index (χ0n) is 39.6. The number of aliphatic hydroxyl groups is 13. The molecule has 0 spiro atoms. The van der Waals surface area contributed by atoms with Crippen molar-refractivity contribution >= 4 is 0 Å². The molecule has 382 valence electrons. The molecule has 7 rings (SSSR count). The Balaban J connectivity index is 1.27. The van der Waals surface area contributed by atoms with Crippen LogP contribution in [0.25, 0.3) is 0 Å². The molecule has 0 amide bonds. The number of aliphatic hydroxyl groups excluding tert-OH is 12. The summed E-state index contributed by atoms with van der Waals surface area (Å²) in [4.78, 5) is 0. The van der Waals surface area contributed by atoms with Gasteiger partial charge in [-0.3, -0.25) is 0 Å². The van der Waals surface area contributed by atoms with Gasteiger partial charge in [-0.15, -0.1) is 0 Å². The van der Waals surface area contributed by atoms with E-state index in [1.54, 1.807) is 26.0 Å². The first-order valence-corrected chi connectivity index (χ1v) is 23.9. The summed E-state index contributed by atoms with van der Waals surface area (Å²) in [7, 11) is 0. The Morgan fingerprint density at radius 1 is 0.667 bits per heavy atom. The van der Waals surface area contributed by atoms with Crippen molar-refractivity contribution in [2.45, 2.75) is 216 Å². The van der Waals surface area contributed by atoms with E-state index in [1.807, 2.05) is 20.8 Å². The molecule has 7 aliphatic rings. The third-order valence-electron chi connectivity index (χ3n) is 18.2. The number of rotatable bonds is 12. The second kappa shape index (κ2) is 18.9. The quantitative estimate of drug-likeness (QED) is 0.0787. The highest BCUT2D eigenvalue weighted by atomic mass is 16.8. The lowest BCUT2D eigenvalue weighted by atomic mass is 9.34. The van der Waals surface area contributed by atoms with Crippen LogP contribution in [0.4, 0.5) is 0 Å². The van der Waals surface area contributed by atoms with E-state index < -0.39 is 175 Å². The Hall–Kier alpha value is -1.02. The molecular weight excluding hydrogens is 868 g/mol. The highest BCUT2D eigenvalue weighted by Gasteiger charge is 2.74. The minimum Gasteiger partial charge on any atom is -0.394 e. The first-order valence-electron chi connectivity index (χ1n) is 23.9. The summed E-state index contributed by atoms with van der Waals surface area (Å²) < 4.78 is 37.6. The monoisotopic (exact) mass is 949 g/mol. The summed E-state index contributed by atoms with van der Waals surface area (Å²) in [5, 5.41) is 142. The van der Waals surface area contributed by atoms with Gasteiger partial charge in [-0.1, -0.05) is 46.8 Å². The summed E-state index contributed by atoms with van der Waals surface area (Å²) >= 11 is 0. The molecule has 3 aliphatic heterocycles. The topological polar surface area (TPSA) is 318 Å². The van der Waals surface area contributed by atoms with Crippen LogP contribution in [-0.4, -0.2) is 202 Å². The molecule has 25 atom stereocenters. The fourth-order valence-corrected chi connectivity index (χ4v) is 14.5. The average Bonchev–Trinajstić information content (AvgIpc) is 3.63. The van der Waals surface area contributed by atoms with Gasteiger partial charge in [0.05, 0.1) is 49.3 Å². The lowest BCUT2D eigenvalue weighted by molar-refractivity contribution is -0.377. The molecule has 3 heterocycles. The summed E-state index contributed by atoms with van der Waals surface area (Å²) in [5.74, 6) is -1.38. The maximum atomic E-state index is 12.7. The Morgan fingerprint density at radius 2 is 1.27 bits per heavy atom. The standard InChI is InChI=1S/C47H80O19/c1-42(2,60)12-9-13-47(8,66-40-36(59)33(56)31(54)25(18-48)63-40)21-10-15-45(6)29(21)22(50)16-27-44(5)14-11-28(52)43(3,4)38(44)24(17-46(27,45)7)62-41-37(34(57)32(55)26(19-49)64-41)65-39-35(58)30(53)23(51)20-61-39/h9,12,21-41,48-60H,10-11,13-20H2,1-8H3/b12-9-/t21-,22+,23+,24-,25+,26+,27+,28-,29-,30-,31+,32+,33-,34-,35?,36+,37+,38-,39-,40-,41+,44+,45+,46+,47-/m0/s1. The van der Waals surface area contributed by atoms with Crippen molar-refractivity contribution in [3.05, 3.63) is 12.2 Å². The van der Waals surface area contributed by atoms with Crippen molar-refractivity contribution < 1.29 is 94.8 Å². The Labute approximate surface area is 387 Å². The van der Waals surface area contributed by atoms with Crippen molar-refractivity contribution in [3.8, 4) is 0 Å². The second-order valence-electron chi connectivity index (χ2n) is 23.0. The minimum absolute atomic E-state index is 0.125. The molecule has 4 aliphatic carbocycles. The van der Waals surface area contributed by atoms with E-state index in [2.05, 4.69) is 20.8 Å². The predicted octanol–water partition coefficient (Wildman–Crippen LogP) is -1.45. The molecule has 0 bridgehead atoms. The van der Waals surface area contributed by atoms with Gasteiger partial charge < -0.3 is 94.8 Å². The minimum atomic E-state index is -1.75. The first kappa shape index (κ1) is 52.8.